The summed E-state index contributed by atoms with van der Waals surface area (Å²) in [6, 6.07) is 6.23. The number of aryl methyl sites for hydroxylation is 1. The average Bonchev–Trinajstić information content (AvgIpc) is 2.36. The van der Waals surface area contributed by atoms with Crippen LogP contribution in [0.1, 0.15) is 38.3 Å². The molecule has 1 N–H and O–H groups in total. The van der Waals surface area contributed by atoms with Gasteiger partial charge in [0.05, 0.1) is 5.69 Å². The smallest absolute Gasteiger partial charge is 0.414 e. The molecule has 1 aromatic rings. The number of rotatable bonds is 2. The Bertz CT molecular complexity index is 492. The Morgan fingerprint density at radius 3 is 2.80 bits per heavy atom. The molecule has 1 aliphatic rings. The summed E-state index contributed by atoms with van der Waals surface area (Å²) in [5.74, 6) is 0. The number of hydrogen-bond donors (Lipinski definition) is 1. The van der Waals surface area contributed by atoms with Gasteiger partial charge < -0.3 is 10.1 Å². The maximum atomic E-state index is 12.4. The Morgan fingerprint density at radius 1 is 1.40 bits per heavy atom. The normalized spacial score (nSPS) is 14.9. The molecule has 0 saturated heterocycles. The predicted molar refractivity (Wildman–Crippen MR) is 81.1 cm³/mol. The van der Waals surface area contributed by atoms with Gasteiger partial charge in [0.2, 0.25) is 0 Å². The van der Waals surface area contributed by atoms with Crippen LogP contribution in [0.4, 0.5) is 10.5 Å². The second kappa shape index (κ2) is 5.83. The van der Waals surface area contributed by atoms with Crippen LogP contribution in [0.2, 0.25) is 0 Å². The van der Waals surface area contributed by atoms with Crippen LogP contribution in [-0.2, 0) is 17.7 Å². The molecular formula is C16H24N2O2. The van der Waals surface area contributed by atoms with Gasteiger partial charge in [-0.2, -0.15) is 0 Å². The number of nitrogens with one attached hydrogen (secondary N) is 1. The van der Waals surface area contributed by atoms with E-state index in [4.69, 9.17) is 4.74 Å². The predicted octanol–water partition coefficient (Wildman–Crippen LogP) is 3.09. The molecule has 1 aromatic carbocycles. The maximum absolute atomic E-state index is 12.4. The third-order valence-electron chi connectivity index (χ3n) is 3.28. The minimum atomic E-state index is -0.466. The molecule has 2 rings (SSSR count). The molecule has 0 bridgehead atoms. The molecule has 0 saturated carbocycles. The van der Waals surface area contributed by atoms with Gasteiger partial charge in [-0.15, -0.1) is 0 Å². The molecule has 110 valence electrons. The number of ether oxygens (including phenoxy) is 1. The number of nitrogens with zero attached hydrogens (tertiary/aromatic N) is 1. The van der Waals surface area contributed by atoms with Gasteiger partial charge >= 0.3 is 6.09 Å². The Morgan fingerprint density at radius 2 is 2.15 bits per heavy atom. The van der Waals surface area contributed by atoms with E-state index in [9.17, 15) is 4.79 Å². The van der Waals surface area contributed by atoms with Crippen molar-refractivity contribution in [1.29, 1.82) is 0 Å². The fourth-order valence-electron chi connectivity index (χ4n) is 2.57. The molecule has 0 spiro atoms. The molecule has 0 fully saturated rings. The van der Waals surface area contributed by atoms with Gasteiger partial charge in [-0.1, -0.05) is 18.2 Å². The highest BCUT2D eigenvalue weighted by atomic mass is 16.6. The second-order valence-corrected chi connectivity index (χ2v) is 6.19. The van der Waals surface area contributed by atoms with Crippen LogP contribution in [0, 0.1) is 0 Å². The van der Waals surface area contributed by atoms with Gasteiger partial charge in [-0.3, -0.25) is 4.90 Å². The highest BCUT2D eigenvalue weighted by molar-refractivity contribution is 5.90. The van der Waals surface area contributed by atoms with E-state index in [1.165, 1.54) is 5.56 Å². The third kappa shape index (κ3) is 3.31. The minimum Gasteiger partial charge on any atom is -0.443 e. The highest BCUT2D eigenvalue weighted by Crippen LogP contribution is 2.32. The van der Waals surface area contributed by atoms with E-state index >= 15 is 0 Å². The van der Waals surface area contributed by atoms with Crippen molar-refractivity contribution in [2.45, 2.75) is 45.8 Å². The van der Waals surface area contributed by atoms with E-state index in [0.717, 1.165) is 37.2 Å². The van der Waals surface area contributed by atoms with Gasteiger partial charge in [0.1, 0.15) is 5.60 Å². The van der Waals surface area contributed by atoms with E-state index in [1.54, 1.807) is 4.90 Å². The third-order valence-corrected chi connectivity index (χ3v) is 3.28. The first-order valence-corrected chi connectivity index (χ1v) is 7.18. The number of carbonyl (C=O) groups is 1. The zero-order valence-corrected chi connectivity index (χ0v) is 12.8. The first kappa shape index (κ1) is 14.9. The molecular weight excluding hydrogens is 252 g/mol. The van der Waals surface area contributed by atoms with Gasteiger partial charge in [0, 0.05) is 13.1 Å². The summed E-state index contributed by atoms with van der Waals surface area (Å²) in [6.45, 7) is 7.17. The minimum absolute atomic E-state index is 0.248. The summed E-state index contributed by atoms with van der Waals surface area (Å²) in [6.07, 6.45) is 1.75. The Balaban J connectivity index is 2.33. The topological polar surface area (TPSA) is 41.6 Å². The van der Waals surface area contributed by atoms with Crippen LogP contribution in [0.25, 0.3) is 0 Å². The quantitative estimate of drug-likeness (QED) is 0.902. The van der Waals surface area contributed by atoms with E-state index in [-0.39, 0.29) is 6.09 Å². The van der Waals surface area contributed by atoms with Crippen molar-refractivity contribution in [2.24, 2.45) is 0 Å². The molecule has 4 heteroatoms. The lowest BCUT2D eigenvalue weighted by atomic mass is 9.98. The Kier molecular flexibility index (Phi) is 4.33. The van der Waals surface area contributed by atoms with Crippen LogP contribution in [-0.4, -0.2) is 25.3 Å². The molecule has 0 unspecified atom stereocenters. The first-order chi connectivity index (χ1) is 9.42. The zero-order valence-electron chi connectivity index (χ0n) is 12.8. The van der Waals surface area contributed by atoms with Crippen LogP contribution in [0.3, 0.4) is 0 Å². The van der Waals surface area contributed by atoms with Gasteiger partial charge in [-0.05, 0) is 51.8 Å². The number of amides is 1. The fourth-order valence-corrected chi connectivity index (χ4v) is 2.57. The van der Waals surface area contributed by atoms with Crippen LogP contribution in [0.5, 0.6) is 0 Å². The van der Waals surface area contributed by atoms with Crippen molar-refractivity contribution >= 4 is 11.8 Å². The summed E-state index contributed by atoms with van der Waals surface area (Å²) in [4.78, 5) is 14.2. The summed E-state index contributed by atoms with van der Waals surface area (Å²) < 4.78 is 5.53. The monoisotopic (exact) mass is 276 g/mol. The van der Waals surface area contributed by atoms with Crippen molar-refractivity contribution in [3.8, 4) is 0 Å². The SMILES string of the molecule is CNCc1cccc2c1N(C(=O)OC(C)(C)C)CCC2. The lowest BCUT2D eigenvalue weighted by Crippen LogP contribution is -2.40. The van der Waals surface area contributed by atoms with Gasteiger partial charge in [-0.25, -0.2) is 4.79 Å². The first-order valence-electron chi connectivity index (χ1n) is 7.18. The molecule has 0 aromatic heterocycles. The second-order valence-electron chi connectivity index (χ2n) is 6.19. The van der Waals surface area contributed by atoms with E-state index in [1.807, 2.05) is 27.8 Å². The summed E-state index contributed by atoms with van der Waals surface area (Å²) in [5.41, 5.74) is 2.94. The van der Waals surface area contributed by atoms with E-state index in [0.29, 0.717) is 0 Å². The van der Waals surface area contributed by atoms with Gasteiger partial charge in [0.15, 0.2) is 0 Å². The molecule has 1 amide bonds. The van der Waals surface area contributed by atoms with Crippen LogP contribution < -0.4 is 10.2 Å². The molecule has 0 atom stereocenters. The van der Waals surface area contributed by atoms with E-state index < -0.39 is 5.60 Å². The Hall–Kier alpha value is -1.55. The maximum Gasteiger partial charge on any atom is 0.414 e. The summed E-state index contributed by atoms with van der Waals surface area (Å²) >= 11 is 0. The fraction of sp³-hybridized carbons (Fsp3) is 0.562. The van der Waals surface area contributed by atoms with Gasteiger partial charge in [0.25, 0.3) is 0 Å². The number of para-hydroxylation sites is 1. The summed E-state index contributed by atoms with van der Waals surface area (Å²) in [5, 5.41) is 3.16. The lowest BCUT2D eigenvalue weighted by molar-refractivity contribution is 0.0577. The van der Waals surface area contributed by atoms with E-state index in [2.05, 4.69) is 23.5 Å². The van der Waals surface area contributed by atoms with Crippen molar-refractivity contribution in [2.75, 3.05) is 18.5 Å². The zero-order chi connectivity index (χ0) is 14.8. The van der Waals surface area contributed by atoms with Crippen molar-refractivity contribution < 1.29 is 9.53 Å². The van der Waals surface area contributed by atoms with Crippen molar-refractivity contribution in [3.05, 3.63) is 29.3 Å². The molecule has 0 radical (unpaired) electrons. The van der Waals surface area contributed by atoms with Crippen molar-refractivity contribution in [3.63, 3.8) is 0 Å². The number of carbonyl (C=O) groups excluding carboxylic acids is 1. The molecule has 1 heterocycles. The molecule has 0 aliphatic carbocycles. The van der Waals surface area contributed by atoms with Crippen molar-refractivity contribution in [1.82, 2.24) is 5.32 Å². The number of anilines is 1. The molecule has 1 aliphatic heterocycles. The molecule has 4 nitrogen and oxygen atoms in total. The number of hydrogen-bond acceptors (Lipinski definition) is 3. The average molecular weight is 276 g/mol. The lowest BCUT2D eigenvalue weighted by Gasteiger charge is -2.33. The molecule has 20 heavy (non-hydrogen) atoms. The number of benzene rings is 1. The largest absolute Gasteiger partial charge is 0.443 e. The Labute approximate surface area is 121 Å². The summed E-state index contributed by atoms with van der Waals surface area (Å²) in [7, 11) is 1.92. The van der Waals surface area contributed by atoms with Crippen LogP contribution >= 0.6 is 0 Å². The van der Waals surface area contributed by atoms with Crippen LogP contribution in [0.15, 0.2) is 18.2 Å². The highest BCUT2D eigenvalue weighted by Gasteiger charge is 2.28. The number of fused-ring (bicyclic) bond motifs is 1. The standard InChI is InChI=1S/C16H24N2O2/c1-16(2,3)20-15(19)18-10-6-9-12-7-5-8-13(11-17-4)14(12)18/h5,7-8,17H,6,9-11H2,1-4H3.